The second kappa shape index (κ2) is 8.01. The van der Waals surface area contributed by atoms with Crippen LogP contribution in [0.5, 0.6) is 11.5 Å². The monoisotopic (exact) mass is 337 g/mol. The van der Waals surface area contributed by atoms with E-state index in [0.717, 1.165) is 28.3 Å². The molecule has 2 N–H and O–H groups in total. The van der Waals surface area contributed by atoms with Crippen molar-refractivity contribution in [2.75, 3.05) is 18.7 Å². The van der Waals surface area contributed by atoms with Gasteiger partial charge in [0, 0.05) is 11.9 Å². The number of carbonyl (C=O) groups excluding carboxylic acids is 1. The molecule has 0 atom stereocenters. The SMILES string of the molecule is Cc1ccccc1NCC(=O)NN=CC=Cc1ccc2c(c1)OCO2. The first-order valence-electron chi connectivity index (χ1n) is 7.90. The number of carbonyl (C=O) groups is 1. The van der Waals surface area contributed by atoms with E-state index in [-0.39, 0.29) is 19.2 Å². The summed E-state index contributed by atoms with van der Waals surface area (Å²) in [6.07, 6.45) is 5.13. The fourth-order valence-electron chi connectivity index (χ4n) is 2.31. The lowest BCUT2D eigenvalue weighted by atomic mass is 10.2. The highest BCUT2D eigenvalue weighted by Crippen LogP contribution is 2.32. The van der Waals surface area contributed by atoms with Crippen molar-refractivity contribution in [3.63, 3.8) is 0 Å². The summed E-state index contributed by atoms with van der Waals surface area (Å²) in [5.74, 6) is 1.27. The molecule has 1 amide bonds. The van der Waals surface area contributed by atoms with Crippen molar-refractivity contribution in [2.24, 2.45) is 5.10 Å². The van der Waals surface area contributed by atoms with E-state index in [1.54, 1.807) is 6.08 Å². The van der Waals surface area contributed by atoms with Crippen molar-refractivity contribution in [2.45, 2.75) is 6.92 Å². The number of nitrogens with one attached hydrogen (secondary N) is 2. The van der Waals surface area contributed by atoms with E-state index in [9.17, 15) is 4.79 Å². The van der Waals surface area contributed by atoms with Crippen molar-refractivity contribution in [3.05, 3.63) is 59.7 Å². The third kappa shape index (κ3) is 4.60. The number of hydrogen-bond acceptors (Lipinski definition) is 5. The number of hydrogen-bond donors (Lipinski definition) is 2. The van der Waals surface area contributed by atoms with Gasteiger partial charge in [0.25, 0.3) is 5.91 Å². The van der Waals surface area contributed by atoms with Gasteiger partial charge < -0.3 is 14.8 Å². The molecule has 1 aliphatic heterocycles. The van der Waals surface area contributed by atoms with Crippen LogP contribution in [-0.2, 0) is 4.79 Å². The molecule has 25 heavy (non-hydrogen) atoms. The van der Waals surface area contributed by atoms with E-state index in [4.69, 9.17) is 9.47 Å². The van der Waals surface area contributed by atoms with Crippen LogP contribution < -0.4 is 20.2 Å². The van der Waals surface area contributed by atoms with Gasteiger partial charge in [0.2, 0.25) is 6.79 Å². The van der Waals surface area contributed by atoms with Crippen LogP contribution in [0, 0.1) is 6.92 Å². The molecule has 0 bridgehead atoms. The predicted molar refractivity (Wildman–Crippen MR) is 97.9 cm³/mol. The molecule has 6 heteroatoms. The Hall–Kier alpha value is -3.28. The standard InChI is InChI=1S/C19H19N3O3/c1-14-5-2-3-7-16(14)20-12-19(23)22-21-10-4-6-15-8-9-17-18(11-15)25-13-24-17/h2-11,20H,12-13H2,1H3,(H,22,23). The Morgan fingerprint density at radius 1 is 1.20 bits per heavy atom. The fraction of sp³-hybridized carbons (Fsp3) is 0.158. The topological polar surface area (TPSA) is 72.0 Å². The molecule has 0 saturated heterocycles. The molecular weight excluding hydrogens is 318 g/mol. The van der Waals surface area contributed by atoms with Crippen molar-refractivity contribution in [3.8, 4) is 11.5 Å². The lowest BCUT2D eigenvalue weighted by Crippen LogP contribution is -2.25. The Morgan fingerprint density at radius 2 is 2.04 bits per heavy atom. The molecule has 3 rings (SSSR count). The highest BCUT2D eigenvalue weighted by atomic mass is 16.7. The summed E-state index contributed by atoms with van der Waals surface area (Å²) in [5, 5.41) is 6.96. The summed E-state index contributed by atoms with van der Waals surface area (Å²) < 4.78 is 10.6. The van der Waals surface area contributed by atoms with Gasteiger partial charge in [-0.2, -0.15) is 5.10 Å². The Morgan fingerprint density at radius 3 is 2.92 bits per heavy atom. The summed E-state index contributed by atoms with van der Waals surface area (Å²) in [7, 11) is 0. The van der Waals surface area contributed by atoms with Gasteiger partial charge in [0.05, 0.1) is 6.54 Å². The molecular formula is C19H19N3O3. The minimum absolute atomic E-state index is 0.161. The molecule has 0 saturated carbocycles. The molecule has 0 aliphatic carbocycles. The van der Waals surface area contributed by atoms with Crippen molar-refractivity contribution < 1.29 is 14.3 Å². The van der Waals surface area contributed by atoms with E-state index in [1.165, 1.54) is 6.21 Å². The van der Waals surface area contributed by atoms with E-state index < -0.39 is 0 Å². The third-order valence-corrected chi connectivity index (χ3v) is 3.62. The number of amides is 1. The Kier molecular flexibility index (Phi) is 5.31. The van der Waals surface area contributed by atoms with Gasteiger partial charge >= 0.3 is 0 Å². The van der Waals surface area contributed by atoms with Gasteiger partial charge in [-0.25, -0.2) is 5.43 Å². The summed E-state index contributed by atoms with van der Waals surface area (Å²) in [5.41, 5.74) is 5.46. The highest BCUT2D eigenvalue weighted by Gasteiger charge is 2.11. The molecule has 0 fully saturated rings. The number of hydrazone groups is 1. The van der Waals surface area contributed by atoms with E-state index in [2.05, 4.69) is 15.8 Å². The van der Waals surface area contributed by atoms with Crippen molar-refractivity contribution in [1.82, 2.24) is 5.43 Å². The van der Waals surface area contributed by atoms with Gasteiger partial charge in [0.15, 0.2) is 11.5 Å². The zero-order chi connectivity index (χ0) is 17.5. The zero-order valence-electron chi connectivity index (χ0n) is 13.9. The molecule has 6 nitrogen and oxygen atoms in total. The third-order valence-electron chi connectivity index (χ3n) is 3.62. The second-order valence-electron chi connectivity index (χ2n) is 5.45. The molecule has 0 aromatic heterocycles. The first-order valence-corrected chi connectivity index (χ1v) is 7.90. The Bertz CT molecular complexity index is 815. The molecule has 1 aliphatic rings. The van der Waals surface area contributed by atoms with Crippen LogP contribution in [0.4, 0.5) is 5.69 Å². The number of ether oxygens (including phenoxy) is 2. The average Bonchev–Trinajstić information content (AvgIpc) is 3.08. The van der Waals surface area contributed by atoms with Crippen LogP contribution >= 0.6 is 0 Å². The maximum Gasteiger partial charge on any atom is 0.259 e. The van der Waals surface area contributed by atoms with Gasteiger partial charge in [-0.1, -0.05) is 30.3 Å². The minimum atomic E-state index is -0.212. The lowest BCUT2D eigenvalue weighted by Gasteiger charge is -2.07. The fourth-order valence-corrected chi connectivity index (χ4v) is 2.31. The van der Waals surface area contributed by atoms with Gasteiger partial charge in [-0.3, -0.25) is 4.79 Å². The van der Waals surface area contributed by atoms with Crippen LogP contribution in [0.1, 0.15) is 11.1 Å². The molecule has 2 aromatic rings. The predicted octanol–water partition coefficient (Wildman–Crippen LogP) is 2.95. The van der Waals surface area contributed by atoms with E-state index in [0.29, 0.717) is 0 Å². The van der Waals surface area contributed by atoms with Gasteiger partial charge in [-0.15, -0.1) is 0 Å². The maximum absolute atomic E-state index is 11.7. The van der Waals surface area contributed by atoms with Crippen LogP contribution in [0.2, 0.25) is 0 Å². The molecule has 128 valence electrons. The van der Waals surface area contributed by atoms with Crippen molar-refractivity contribution in [1.29, 1.82) is 0 Å². The normalized spacial score (nSPS) is 12.7. The molecule has 0 radical (unpaired) electrons. The molecule has 1 heterocycles. The smallest absolute Gasteiger partial charge is 0.259 e. The number of nitrogens with zero attached hydrogens (tertiary/aromatic N) is 1. The number of aryl methyl sites for hydroxylation is 1. The number of rotatable bonds is 6. The number of allylic oxidation sites excluding steroid dienone is 1. The summed E-state index contributed by atoms with van der Waals surface area (Å²) >= 11 is 0. The van der Waals surface area contributed by atoms with Crippen molar-refractivity contribution >= 4 is 23.9 Å². The van der Waals surface area contributed by atoms with E-state index in [1.807, 2.05) is 55.5 Å². The van der Waals surface area contributed by atoms with Crippen LogP contribution in [-0.4, -0.2) is 25.5 Å². The molecule has 0 spiro atoms. The van der Waals surface area contributed by atoms with Crippen LogP contribution in [0.25, 0.3) is 6.08 Å². The van der Waals surface area contributed by atoms with Crippen LogP contribution in [0.15, 0.2) is 53.6 Å². The van der Waals surface area contributed by atoms with E-state index >= 15 is 0 Å². The number of anilines is 1. The largest absolute Gasteiger partial charge is 0.454 e. The highest BCUT2D eigenvalue weighted by molar-refractivity contribution is 5.83. The minimum Gasteiger partial charge on any atom is -0.454 e. The van der Waals surface area contributed by atoms with Gasteiger partial charge in [0.1, 0.15) is 0 Å². The van der Waals surface area contributed by atoms with Crippen LogP contribution in [0.3, 0.4) is 0 Å². The number of para-hydroxylation sites is 1. The Balaban J connectivity index is 1.43. The maximum atomic E-state index is 11.7. The average molecular weight is 337 g/mol. The summed E-state index contributed by atoms with van der Waals surface area (Å²) in [6.45, 7) is 2.40. The number of fused-ring (bicyclic) bond motifs is 1. The Labute approximate surface area is 146 Å². The quantitative estimate of drug-likeness (QED) is 0.628. The summed E-state index contributed by atoms with van der Waals surface area (Å²) in [4.78, 5) is 11.7. The van der Waals surface area contributed by atoms with Gasteiger partial charge in [-0.05, 0) is 42.3 Å². The zero-order valence-corrected chi connectivity index (χ0v) is 13.9. The second-order valence-corrected chi connectivity index (χ2v) is 5.45. The number of benzene rings is 2. The first-order chi connectivity index (χ1) is 12.2. The summed E-state index contributed by atoms with van der Waals surface area (Å²) in [6, 6.07) is 13.5. The molecule has 2 aromatic carbocycles. The first kappa shape index (κ1) is 16.6. The molecule has 0 unspecified atom stereocenters. The lowest BCUT2D eigenvalue weighted by molar-refractivity contribution is -0.119.